The molecule has 36 heavy (non-hydrogen) atoms. The van der Waals surface area contributed by atoms with Gasteiger partial charge in [-0.25, -0.2) is 0 Å². The van der Waals surface area contributed by atoms with Crippen molar-refractivity contribution in [3.8, 4) is 0 Å². The van der Waals surface area contributed by atoms with Gasteiger partial charge in [-0.2, -0.15) is 0 Å². The van der Waals surface area contributed by atoms with Crippen molar-refractivity contribution in [2.45, 2.75) is 26.3 Å². The highest BCUT2D eigenvalue weighted by Gasteiger charge is 2.13. The Bertz CT molecular complexity index is 1250. The number of amides is 3. The van der Waals surface area contributed by atoms with E-state index in [9.17, 15) is 14.4 Å². The fourth-order valence-electron chi connectivity index (χ4n) is 3.28. The summed E-state index contributed by atoms with van der Waals surface area (Å²) in [5.74, 6) is -0.897. The molecule has 1 heterocycles. The van der Waals surface area contributed by atoms with Crippen molar-refractivity contribution in [3.63, 3.8) is 0 Å². The van der Waals surface area contributed by atoms with E-state index >= 15 is 0 Å². The molecule has 5 N–H and O–H groups in total. The molecule has 2 aromatic carbocycles. The highest BCUT2D eigenvalue weighted by atomic mass is 35.5. The number of carbonyl (C=O) groups is 3. The van der Waals surface area contributed by atoms with Crippen LogP contribution in [-0.2, 0) is 16.1 Å². The minimum Gasteiger partial charge on any atom is -0.376 e. The van der Waals surface area contributed by atoms with Crippen LogP contribution in [0.1, 0.15) is 41.3 Å². The Balaban J connectivity index is 1.74. The zero-order valence-electron chi connectivity index (χ0n) is 19.7. The third-order valence-electron chi connectivity index (χ3n) is 5.05. The van der Waals surface area contributed by atoms with Crippen molar-refractivity contribution in [2.75, 3.05) is 17.2 Å². The Hall–Kier alpha value is -4.24. The van der Waals surface area contributed by atoms with E-state index in [0.717, 1.165) is 0 Å². The number of nitrogens with one attached hydrogen (secondary N) is 5. The van der Waals surface area contributed by atoms with Gasteiger partial charge in [0.05, 0.1) is 18.4 Å². The van der Waals surface area contributed by atoms with Crippen LogP contribution in [0.15, 0.2) is 67.0 Å². The number of halogens is 1. The molecule has 10 heteroatoms. The Labute approximate surface area is 214 Å². The maximum atomic E-state index is 12.6. The molecule has 3 rings (SSSR count). The molecule has 0 saturated carbocycles. The number of amidine groups is 1. The lowest BCUT2D eigenvalue weighted by Crippen LogP contribution is -2.30. The van der Waals surface area contributed by atoms with Crippen LogP contribution in [0.2, 0.25) is 5.02 Å². The summed E-state index contributed by atoms with van der Waals surface area (Å²) in [6.45, 7) is 1.98. The van der Waals surface area contributed by atoms with Crippen molar-refractivity contribution in [1.29, 1.82) is 5.41 Å². The van der Waals surface area contributed by atoms with Crippen LogP contribution in [0.4, 0.5) is 11.4 Å². The average Bonchev–Trinajstić information content (AvgIpc) is 2.87. The number of nitrogens with zero attached hydrogens (tertiary/aromatic N) is 1. The van der Waals surface area contributed by atoms with Crippen LogP contribution < -0.4 is 21.3 Å². The van der Waals surface area contributed by atoms with Crippen molar-refractivity contribution < 1.29 is 14.4 Å². The van der Waals surface area contributed by atoms with Gasteiger partial charge in [0, 0.05) is 41.0 Å². The Kier molecular flexibility index (Phi) is 9.53. The minimum atomic E-state index is -0.304. The highest BCUT2D eigenvalue weighted by molar-refractivity contribution is 6.31. The highest BCUT2D eigenvalue weighted by Crippen LogP contribution is 2.19. The zero-order chi connectivity index (χ0) is 25.9. The van der Waals surface area contributed by atoms with Gasteiger partial charge in [-0.3, -0.25) is 24.8 Å². The van der Waals surface area contributed by atoms with E-state index in [4.69, 9.17) is 17.0 Å². The van der Waals surface area contributed by atoms with Gasteiger partial charge in [-0.1, -0.05) is 36.7 Å². The lowest BCUT2D eigenvalue weighted by atomic mass is 10.1. The monoisotopic (exact) mass is 506 g/mol. The van der Waals surface area contributed by atoms with Gasteiger partial charge in [-0.15, -0.1) is 0 Å². The summed E-state index contributed by atoms with van der Waals surface area (Å²) in [6, 6.07) is 15.1. The van der Waals surface area contributed by atoms with E-state index in [-0.39, 0.29) is 36.6 Å². The second-order valence-electron chi connectivity index (χ2n) is 7.88. The quantitative estimate of drug-likeness (QED) is 0.209. The number of rotatable bonds is 10. The average molecular weight is 507 g/mol. The number of benzene rings is 2. The molecule has 0 aliphatic carbocycles. The maximum absolute atomic E-state index is 12.6. The lowest BCUT2D eigenvalue weighted by Gasteiger charge is -2.16. The topological polar surface area (TPSA) is 136 Å². The van der Waals surface area contributed by atoms with E-state index in [2.05, 4.69) is 26.3 Å². The summed E-state index contributed by atoms with van der Waals surface area (Å²) in [5, 5.41) is 19.9. The van der Waals surface area contributed by atoms with Crippen molar-refractivity contribution in [3.05, 3.63) is 88.7 Å². The summed E-state index contributed by atoms with van der Waals surface area (Å²) >= 11 is 5.98. The lowest BCUT2D eigenvalue weighted by molar-refractivity contribution is -0.119. The van der Waals surface area contributed by atoms with Gasteiger partial charge in [0.15, 0.2) is 0 Å². The Morgan fingerprint density at radius 3 is 2.56 bits per heavy atom. The first-order valence-electron chi connectivity index (χ1n) is 11.3. The zero-order valence-corrected chi connectivity index (χ0v) is 20.5. The van der Waals surface area contributed by atoms with Gasteiger partial charge >= 0.3 is 0 Å². The van der Waals surface area contributed by atoms with Crippen molar-refractivity contribution in [1.82, 2.24) is 15.6 Å². The fraction of sp³-hybridized carbons (Fsp3) is 0.192. The van der Waals surface area contributed by atoms with Crippen LogP contribution in [0.3, 0.4) is 0 Å². The number of carbonyl (C=O) groups excluding carboxylic acids is 3. The van der Waals surface area contributed by atoms with Gasteiger partial charge in [0.25, 0.3) is 5.91 Å². The SMILES string of the molecule is CCCC(=O)NC(=N)c1ccc(CNC(=O)c2cccc(Cl)c2)c(NCC(=O)Nc2cccnc2)c1. The van der Waals surface area contributed by atoms with Crippen LogP contribution in [-0.4, -0.2) is 35.1 Å². The van der Waals surface area contributed by atoms with E-state index in [1.54, 1.807) is 60.8 Å². The smallest absolute Gasteiger partial charge is 0.251 e. The van der Waals surface area contributed by atoms with E-state index in [0.29, 0.717) is 45.9 Å². The van der Waals surface area contributed by atoms with Gasteiger partial charge in [0.1, 0.15) is 5.84 Å². The molecule has 0 spiro atoms. The molecule has 0 fully saturated rings. The molecule has 0 radical (unpaired) electrons. The number of aromatic nitrogens is 1. The molecule has 0 unspecified atom stereocenters. The number of hydrogen-bond acceptors (Lipinski definition) is 6. The molecule has 1 aromatic heterocycles. The molecule has 0 saturated heterocycles. The number of pyridine rings is 1. The largest absolute Gasteiger partial charge is 0.376 e. The second kappa shape index (κ2) is 13.0. The summed E-state index contributed by atoms with van der Waals surface area (Å²) in [7, 11) is 0. The summed E-state index contributed by atoms with van der Waals surface area (Å²) < 4.78 is 0. The van der Waals surface area contributed by atoms with Crippen LogP contribution in [0, 0.1) is 5.41 Å². The third kappa shape index (κ3) is 7.92. The van der Waals surface area contributed by atoms with Gasteiger partial charge in [-0.05, 0) is 48.4 Å². The molecule has 3 amide bonds. The predicted molar refractivity (Wildman–Crippen MR) is 140 cm³/mol. The summed E-state index contributed by atoms with van der Waals surface area (Å²) in [4.78, 5) is 40.9. The molecular formula is C26H27ClN6O3. The number of anilines is 2. The normalized spacial score (nSPS) is 10.3. The molecule has 0 bridgehead atoms. The fourth-order valence-corrected chi connectivity index (χ4v) is 3.47. The molecule has 0 atom stereocenters. The Morgan fingerprint density at radius 1 is 1.00 bits per heavy atom. The summed E-state index contributed by atoms with van der Waals surface area (Å²) in [5.41, 5.74) is 2.67. The van der Waals surface area contributed by atoms with Gasteiger partial charge in [0.2, 0.25) is 11.8 Å². The van der Waals surface area contributed by atoms with E-state index < -0.39 is 0 Å². The van der Waals surface area contributed by atoms with Crippen molar-refractivity contribution >= 4 is 46.5 Å². The molecule has 186 valence electrons. The molecule has 9 nitrogen and oxygen atoms in total. The first kappa shape index (κ1) is 26.4. The third-order valence-corrected chi connectivity index (χ3v) is 5.29. The predicted octanol–water partition coefficient (Wildman–Crippen LogP) is 3.96. The molecular weight excluding hydrogens is 480 g/mol. The van der Waals surface area contributed by atoms with E-state index in [1.807, 2.05) is 6.92 Å². The number of hydrogen-bond donors (Lipinski definition) is 5. The summed E-state index contributed by atoms with van der Waals surface area (Å²) in [6.07, 6.45) is 4.13. The first-order chi connectivity index (χ1) is 17.4. The molecule has 0 aliphatic heterocycles. The Morgan fingerprint density at radius 2 is 1.83 bits per heavy atom. The van der Waals surface area contributed by atoms with Crippen LogP contribution in [0.5, 0.6) is 0 Å². The second-order valence-corrected chi connectivity index (χ2v) is 8.32. The standard InChI is InChI=1S/C26H27ClN6O3/c1-2-5-23(34)33-25(28)17-9-10-19(14-31-26(36)18-6-3-7-20(27)12-18)22(13-17)30-16-24(35)32-21-8-4-11-29-15-21/h3-4,6-13,15,30H,2,5,14,16H2,1H3,(H,31,36)(H,32,35)(H2,28,33,34). The minimum absolute atomic E-state index is 0.0502. The van der Waals surface area contributed by atoms with Crippen molar-refractivity contribution in [2.24, 2.45) is 0 Å². The first-order valence-corrected chi connectivity index (χ1v) is 11.7. The maximum Gasteiger partial charge on any atom is 0.251 e. The van der Waals surface area contributed by atoms with Crippen LogP contribution in [0.25, 0.3) is 0 Å². The van der Waals surface area contributed by atoms with Gasteiger partial charge < -0.3 is 21.3 Å². The molecule has 0 aliphatic rings. The van der Waals surface area contributed by atoms with Crippen LogP contribution >= 0.6 is 11.6 Å². The molecule has 3 aromatic rings. The van der Waals surface area contributed by atoms with E-state index in [1.165, 1.54) is 6.20 Å².